The first-order valence-corrected chi connectivity index (χ1v) is 7.54. The van der Waals surface area contributed by atoms with E-state index in [4.69, 9.17) is 0 Å². The molecule has 0 spiro atoms. The Morgan fingerprint density at radius 1 is 0.826 bits per heavy atom. The lowest BCUT2D eigenvalue weighted by Crippen LogP contribution is -2.07. The molecule has 3 heterocycles. The normalized spacial score (nSPS) is 11.7. The van der Waals surface area contributed by atoms with E-state index < -0.39 is 0 Å². The van der Waals surface area contributed by atoms with Crippen molar-refractivity contribution in [2.45, 2.75) is 0 Å². The highest BCUT2D eigenvalue weighted by Crippen LogP contribution is 2.33. The standard InChI is InChI=1S/C20H12N2O/c23-18-12-17(13-6-2-1-3-7-13)22-16-9-5-4-8-14(16)15-10-11-21-19(18)20(15)22/h1-12H. The van der Waals surface area contributed by atoms with Gasteiger partial charge in [0.2, 0.25) is 5.43 Å². The lowest BCUT2D eigenvalue weighted by Gasteiger charge is -2.08. The highest BCUT2D eigenvalue weighted by atomic mass is 16.1. The number of para-hydroxylation sites is 1. The summed E-state index contributed by atoms with van der Waals surface area (Å²) in [6, 6.07) is 21.9. The molecule has 0 radical (unpaired) electrons. The maximum Gasteiger partial charge on any atom is 0.208 e. The van der Waals surface area contributed by atoms with E-state index in [1.807, 2.05) is 48.5 Å². The molecule has 5 aromatic rings. The zero-order chi connectivity index (χ0) is 15.4. The first kappa shape index (κ1) is 12.4. The second kappa shape index (κ2) is 4.40. The van der Waals surface area contributed by atoms with Gasteiger partial charge < -0.3 is 4.40 Å². The Hall–Kier alpha value is -3.20. The summed E-state index contributed by atoms with van der Waals surface area (Å²) in [5, 5.41) is 2.21. The van der Waals surface area contributed by atoms with Crippen LogP contribution in [0.15, 0.2) is 77.7 Å². The van der Waals surface area contributed by atoms with Crippen LogP contribution >= 0.6 is 0 Å². The Bertz CT molecular complexity index is 1220. The molecule has 0 saturated heterocycles. The van der Waals surface area contributed by atoms with Gasteiger partial charge in [-0.3, -0.25) is 9.78 Å². The lowest BCUT2D eigenvalue weighted by molar-refractivity contribution is 1.24. The summed E-state index contributed by atoms with van der Waals surface area (Å²) >= 11 is 0. The van der Waals surface area contributed by atoms with Gasteiger partial charge in [-0.2, -0.15) is 0 Å². The summed E-state index contributed by atoms with van der Waals surface area (Å²) in [5.41, 5.74) is 4.42. The summed E-state index contributed by atoms with van der Waals surface area (Å²) < 4.78 is 2.16. The van der Waals surface area contributed by atoms with E-state index in [1.165, 1.54) is 0 Å². The summed E-state index contributed by atoms with van der Waals surface area (Å²) in [7, 11) is 0. The molecule has 0 aliphatic carbocycles. The van der Waals surface area contributed by atoms with Gasteiger partial charge >= 0.3 is 0 Å². The minimum Gasteiger partial charge on any atom is -0.306 e. The monoisotopic (exact) mass is 296 g/mol. The van der Waals surface area contributed by atoms with Crippen LogP contribution in [0.2, 0.25) is 0 Å². The van der Waals surface area contributed by atoms with Gasteiger partial charge in [0.15, 0.2) is 0 Å². The van der Waals surface area contributed by atoms with Crippen molar-refractivity contribution in [2.24, 2.45) is 0 Å². The van der Waals surface area contributed by atoms with Crippen molar-refractivity contribution in [1.82, 2.24) is 9.38 Å². The molecule has 5 rings (SSSR count). The number of nitrogens with zero attached hydrogens (tertiary/aromatic N) is 2. The molecule has 0 N–H and O–H groups in total. The van der Waals surface area contributed by atoms with E-state index >= 15 is 0 Å². The minimum atomic E-state index is -0.0373. The summed E-state index contributed by atoms with van der Waals surface area (Å²) in [6.45, 7) is 0. The van der Waals surface area contributed by atoms with Gasteiger partial charge in [-0.05, 0) is 17.7 Å². The van der Waals surface area contributed by atoms with E-state index in [0.29, 0.717) is 5.52 Å². The fraction of sp³-hybridized carbons (Fsp3) is 0. The third kappa shape index (κ3) is 1.59. The SMILES string of the molecule is O=c1cc(-c2ccccc2)n2c3ccccc3c3ccnc1c32. The van der Waals surface area contributed by atoms with Crippen LogP contribution in [0.3, 0.4) is 0 Å². The zero-order valence-electron chi connectivity index (χ0n) is 12.2. The highest BCUT2D eigenvalue weighted by Gasteiger charge is 2.17. The number of benzene rings is 2. The second-order valence-corrected chi connectivity index (χ2v) is 5.67. The molecule has 3 heteroatoms. The van der Waals surface area contributed by atoms with Crippen molar-refractivity contribution in [2.75, 3.05) is 0 Å². The predicted molar refractivity (Wildman–Crippen MR) is 93.1 cm³/mol. The van der Waals surface area contributed by atoms with Gasteiger partial charge in [-0.15, -0.1) is 0 Å². The van der Waals surface area contributed by atoms with E-state index in [-0.39, 0.29) is 5.43 Å². The van der Waals surface area contributed by atoms with Gasteiger partial charge in [0.1, 0.15) is 5.52 Å². The third-order valence-electron chi connectivity index (χ3n) is 4.39. The van der Waals surface area contributed by atoms with Crippen molar-refractivity contribution >= 4 is 27.3 Å². The number of hydrogen-bond acceptors (Lipinski definition) is 2. The molecule has 0 amide bonds. The molecule has 0 atom stereocenters. The molecule has 0 saturated carbocycles. The van der Waals surface area contributed by atoms with Crippen molar-refractivity contribution in [3.63, 3.8) is 0 Å². The van der Waals surface area contributed by atoms with Crippen LogP contribution in [-0.2, 0) is 0 Å². The van der Waals surface area contributed by atoms with Crippen molar-refractivity contribution in [1.29, 1.82) is 0 Å². The smallest absolute Gasteiger partial charge is 0.208 e. The minimum absolute atomic E-state index is 0.0373. The molecule has 23 heavy (non-hydrogen) atoms. The Balaban J connectivity index is 2.13. The summed E-state index contributed by atoms with van der Waals surface area (Å²) in [6.07, 6.45) is 1.72. The highest BCUT2D eigenvalue weighted by molar-refractivity contribution is 6.13. The molecule has 0 fully saturated rings. The largest absolute Gasteiger partial charge is 0.306 e. The molecular formula is C20H12N2O. The van der Waals surface area contributed by atoms with E-state index in [1.54, 1.807) is 12.3 Å². The zero-order valence-corrected chi connectivity index (χ0v) is 12.2. The average Bonchev–Trinajstić information content (AvgIpc) is 2.95. The number of hydrogen-bond donors (Lipinski definition) is 0. The molecule has 2 aromatic carbocycles. The lowest BCUT2D eigenvalue weighted by atomic mass is 10.1. The van der Waals surface area contributed by atoms with Crippen LogP contribution in [0.4, 0.5) is 0 Å². The molecule has 0 aliphatic heterocycles. The van der Waals surface area contributed by atoms with Crippen molar-refractivity contribution < 1.29 is 0 Å². The first-order valence-electron chi connectivity index (χ1n) is 7.54. The van der Waals surface area contributed by atoms with Gasteiger partial charge in [0.25, 0.3) is 0 Å². The van der Waals surface area contributed by atoms with Gasteiger partial charge in [0.05, 0.1) is 16.7 Å². The van der Waals surface area contributed by atoms with Crippen LogP contribution in [0, 0.1) is 0 Å². The van der Waals surface area contributed by atoms with Gasteiger partial charge in [-0.25, -0.2) is 0 Å². The fourth-order valence-electron chi connectivity index (χ4n) is 3.42. The van der Waals surface area contributed by atoms with E-state index in [0.717, 1.165) is 33.1 Å². The van der Waals surface area contributed by atoms with Gasteiger partial charge in [-0.1, -0.05) is 48.5 Å². The van der Waals surface area contributed by atoms with Crippen LogP contribution in [0.1, 0.15) is 0 Å². The Kier molecular flexibility index (Phi) is 2.36. The van der Waals surface area contributed by atoms with Crippen molar-refractivity contribution in [3.8, 4) is 11.3 Å². The fourth-order valence-corrected chi connectivity index (χ4v) is 3.42. The Labute approximate surface area is 131 Å². The average molecular weight is 296 g/mol. The van der Waals surface area contributed by atoms with E-state index in [2.05, 4.69) is 21.5 Å². The van der Waals surface area contributed by atoms with Crippen LogP contribution < -0.4 is 5.43 Å². The predicted octanol–water partition coefficient (Wildman–Crippen LogP) is 4.11. The molecular weight excluding hydrogens is 284 g/mol. The maximum absolute atomic E-state index is 12.6. The molecule has 108 valence electrons. The molecule has 0 bridgehead atoms. The Morgan fingerprint density at radius 2 is 1.61 bits per heavy atom. The summed E-state index contributed by atoms with van der Waals surface area (Å²) in [5.74, 6) is 0. The Morgan fingerprint density at radius 3 is 2.48 bits per heavy atom. The maximum atomic E-state index is 12.6. The first-order chi connectivity index (χ1) is 11.3. The molecule has 0 unspecified atom stereocenters. The van der Waals surface area contributed by atoms with Gasteiger partial charge in [0, 0.05) is 23.0 Å². The van der Waals surface area contributed by atoms with Crippen LogP contribution in [-0.4, -0.2) is 9.38 Å². The number of aromatic nitrogens is 2. The third-order valence-corrected chi connectivity index (χ3v) is 4.39. The van der Waals surface area contributed by atoms with E-state index in [9.17, 15) is 4.79 Å². The quantitative estimate of drug-likeness (QED) is 0.466. The molecule has 3 nitrogen and oxygen atoms in total. The molecule has 0 aliphatic rings. The van der Waals surface area contributed by atoms with Crippen LogP contribution in [0.25, 0.3) is 38.6 Å². The topological polar surface area (TPSA) is 34.4 Å². The second-order valence-electron chi connectivity index (χ2n) is 5.67. The number of pyridine rings is 2. The summed E-state index contributed by atoms with van der Waals surface area (Å²) in [4.78, 5) is 16.9. The number of fused-ring (bicyclic) bond motifs is 3. The molecule has 3 aromatic heterocycles. The number of rotatable bonds is 1. The van der Waals surface area contributed by atoms with Crippen molar-refractivity contribution in [3.05, 3.63) is 83.2 Å². The van der Waals surface area contributed by atoms with Crippen LogP contribution in [0.5, 0.6) is 0 Å².